The van der Waals surface area contributed by atoms with Crippen molar-refractivity contribution in [3.8, 4) is 0 Å². The monoisotopic (exact) mass is 273 g/mol. The van der Waals surface area contributed by atoms with E-state index in [-0.39, 0.29) is 0 Å². The highest BCUT2D eigenvalue weighted by Gasteiger charge is 2.17. The average molecular weight is 273 g/mol. The van der Waals surface area contributed by atoms with Gasteiger partial charge < -0.3 is 19.5 Å². The topological polar surface area (TPSA) is 39.7 Å². The standard InChI is InChI=1S/C15H31NO3/c1-14-4-3-5-15(12-14)13-16-6-7-18-10-11-19-9-8-17-2/h14-16H,3-13H2,1-2H3. The van der Waals surface area contributed by atoms with Gasteiger partial charge in [0.05, 0.1) is 33.0 Å². The maximum absolute atomic E-state index is 5.50. The van der Waals surface area contributed by atoms with Crippen molar-refractivity contribution in [3.05, 3.63) is 0 Å². The van der Waals surface area contributed by atoms with Crippen LogP contribution < -0.4 is 5.32 Å². The van der Waals surface area contributed by atoms with Crippen molar-refractivity contribution in [2.75, 3.05) is 53.2 Å². The van der Waals surface area contributed by atoms with E-state index in [4.69, 9.17) is 14.2 Å². The Balaban J connectivity index is 1.78. The molecular weight excluding hydrogens is 242 g/mol. The molecule has 0 radical (unpaired) electrons. The molecule has 1 aliphatic carbocycles. The van der Waals surface area contributed by atoms with Crippen molar-refractivity contribution in [1.29, 1.82) is 0 Å². The summed E-state index contributed by atoms with van der Waals surface area (Å²) in [5.41, 5.74) is 0. The number of hydrogen-bond donors (Lipinski definition) is 1. The summed E-state index contributed by atoms with van der Waals surface area (Å²) in [6.45, 7) is 7.88. The lowest BCUT2D eigenvalue weighted by Crippen LogP contribution is -2.29. The molecular formula is C15H31NO3. The Morgan fingerprint density at radius 2 is 1.74 bits per heavy atom. The maximum Gasteiger partial charge on any atom is 0.0701 e. The fourth-order valence-corrected chi connectivity index (χ4v) is 2.66. The van der Waals surface area contributed by atoms with E-state index in [1.165, 1.54) is 25.7 Å². The van der Waals surface area contributed by atoms with Gasteiger partial charge in [-0.15, -0.1) is 0 Å². The molecule has 1 rings (SSSR count). The summed E-state index contributed by atoms with van der Waals surface area (Å²) in [7, 11) is 1.68. The van der Waals surface area contributed by atoms with Gasteiger partial charge in [0.15, 0.2) is 0 Å². The molecule has 0 bridgehead atoms. The van der Waals surface area contributed by atoms with Crippen LogP contribution in [0.25, 0.3) is 0 Å². The molecule has 2 atom stereocenters. The molecule has 4 nitrogen and oxygen atoms in total. The van der Waals surface area contributed by atoms with Gasteiger partial charge in [0, 0.05) is 13.7 Å². The van der Waals surface area contributed by atoms with Gasteiger partial charge in [0.2, 0.25) is 0 Å². The molecule has 0 aliphatic heterocycles. The largest absolute Gasteiger partial charge is 0.382 e. The summed E-state index contributed by atoms with van der Waals surface area (Å²) in [6.07, 6.45) is 5.61. The van der Waals surface area contributed by atoms with E-state index in [1.807, 2.05) is 0 Å². The zero-order chi connectivity index (χ0) is 13.8. The lowest BCUT2D eigenvalue weighted by atomic mass is 9.82. The van der Waals surface area contributed by atoms with E-state index in [2.05, 4.69) is 12.2 Å². The number of ether oxygens (including phenoxy) is 3. The molecule has 1 fully saturated rings. The Kier molecular flexibility index (Phi) is 10.4. The van der Waals surface area contributed by atoms with Crippen LogP contribution in [-0.2, 0) is 14.2 Å². The van der Waals surface area contributed by atoms with E-state index in [0.29, 0.717) is 26.4 Å². The molecule has 0 saturated heterocycles. The Labute approximate surface area is 118 Å². The van der Waals surface area contributed by atoms with E-state index in [1.54, 1.807) is 7.11 Å². The van der Waals surface area contributed by atoms with E-state index in [0.717, 1.165) is 31.5 Å². The van der Waals surface area contributed by atoms with Gasteiger partial charge in [-0.1, -0.05) is 19.8 Å². The van der Waals surface area contributed by atoms with Crippen LogP contribution in [0.3, 0.4) is 0 Å². The first-order valence-electron chi connectivity index (χ1n) is 7.68. The Morgan fingerprint density at radius 3 is 2.47 bits per heavy atom. The highest BCUT2D eigenvalue weighted by molar-refractivity contribution is 4.72. The van der Waals surface area contributed by atoms with Gasteiger partial charge >= 0.3 is 0 Å². The fourth-order valence-electron chi connectivity index (χ4n) is 2.66. The second kappa shape index (κ2) is 11.6. The van der Waals surface area contributed by atoms with E-state index >= 15 is 0 Å². The minimum absolute atomic E-state index is 0.651. The van der Waals surface area contributed by atoms with E-state index < -0.39 is 0 Å². The number of hydrogen-bond acceptors (Lipinski definition) is 4. The predicted octanol–water partition coefficient (Wildman–Crippen LogP) is 2.08. The molecule has 0 aromatic heterocycles. The van der Waals surface area contributed by atoms with Crippen LogP contribution in [0.15, 0.2) is 0 Å². The van der Waals surface area contributed by atoms with Crippen LogP contribution in [0, 0.1) is 11.8 Å². The van der Waals surface area contributed by atoms with Gasteiger partial charge in [-0.2, -0.15) is 0 Å². The second-order valence-electron chi connectivity index (χ2n) is 5.56. The molecule has 1 N–H and O–H groups in total. The normalized spacial score (nSPS) is 23.7. The number of methoxy groups -OCH3 is 1. The van der Waals surface area contributed by atoms with Crippen molar-refractivity contribution >= 4 is 0 Å². The molecule has 114 valence electrons. The summed E-state index contributed by atoms with van der Waals surface area (Å²) < 4.78 is 15.7. The Bertz CT molecular complexity index is 202. The molecule has 0 spiro atoms. The van der Waals surface area contributed by atoms with Crippen molar-refractivity contribution in [2.45, 2.75) is 32.6 Å². The summed E-state index contributed by atoms with van der Waals surface area (Å²) in [5.74, 6) is 1.79. The summed E-state index contributed by atoms with van der Waals surface area (Å²) in [6, 6.07) is 0. The van der Waals surface area contributed by atoms with Gasteiger partial charge in [0.25, 0.3) is 0 Å². The maximum atomic E-state index is 5.50. The van der Waals surface area contributed by atoms with Crippen LogP contribution in [-0.4, -0.2) is 53.2 Å². The smallest absolute Gasteiger partial charge is 0.0701 e. The van der Waals surface area contributed by atoms with Gasteiger partial charge in [-0.25, -0.2) is 0 Å². The lowest BCUT2D eigenvalue weighted by Gasteiger charge is -2.26. The van der Waals surface area contributed by atoms with Crippen LogP contribution in [0.1, 0.15) is 32.6 Å². The highest BCUT2D eigenvalue weighted by atomic mass is 16.5. The van der Waals surface area contributed by atoms with Crippen molar-refractivity contribution in [1.82, 2.24) is 5.32 Å². The Morgan fingerprint density at radius 1 is 1.00 bits per heavy atom. The molecule has 2 unspecified atom stereocenters. The Hall–Kier alpha value is -0.160. The first kappa shape index (κ1) is 16.9. The fraction of sp³-hybridized carbons (Fsp3) is 1.00. The van der Waals surface area contributed by atoms with Crippen molar-refractivity contribution in [3.63, 3.8) is 0 Å². The van der Waals surface area contributed by atoms with Gasteiger partial charge in [-0.05, 0) is 31.2 Å². The summed E-state index contributed by atoms with van der Waals surface area (Å²) >= 11 is 0. The molecule has 4 heteroatoms. The zero-order valence-electron chi connectivity index (χ0n) is 12.7. The van der Waals surface area contributed by atoms with Crippen LogP contribution >= 0.6 is 0 Å². The van der Waals surface area contributed by atoms with Crippen LogP contribution in [0.5, 0.6) is 0 Å². The van der Waals surface area contributed by atoms with E-state index in [9.17, 15) is 0 Å². The first-order valence-corrected chi connectivity index (χ1v) is 7.68. The highest BCUT2D eigenvalue weighted by Crippen LogP contribution is 2.27. The third-order valence-electron chi connectivity index (χ3n) is 3.70. The zero-order valence-corrected chi connectivity index (χ0v) is 12.7. The molecule has 0 amide bonds. The average Bonchev–Trinajstić information content (AvgIpc) is 2.41. The van der Waals surface area contributed by atoms with Gasteiger partial charge in [0.1, 0.15) is 0 Å². The molecule has 1 saturated carbocycles. The van der Waals surface area contributed by atoms with Crippen LogP contribution in [0.4, 0.5) is 0 Å². The second-order valence-corrected chi connectivity index (χ2v) is 5.56. The first-order chi connectivity index (χ1) is 9.33. The molecule has 1 aliphatic rings. The quantitative estimate of drug-likeness (QED) is 0.585. The molecule has 0 heterocycles. The number of rotatable bonds is 11. The molecule has 0 aromatic carbocycles. The predicted molar refractivity (Wildman–Crippen MR) is 77.5 cm³/mol. The van der Waals surface area contributed by atoms with Crippen molar-refractivity contribution in [2.24, 2.45) is 11.8 Å². The van der Waals surface area contributed by atoms with Crippen LogP contribution in [0.2, 0.25) is 0 Å². The molecule has 19 heavy (non-hydrogen) atoms. The lowest BCUT2D eigenvalue weighted by molar-refractivity contribution is 0.0254. The SMILES string of the molecule is COCCOCCOCCNCC1CCCC(C)C1. The third kappa shape index (κ3) is 9.38. The minimum atomic E-state index is 0.651. The third-order valence-corrected chi connectivity index (χ3v) is 3.70. The summed E-state index contributed by atoms with van der Waals surface area (Å²) in [5, 5.41) is 3.50. The minimum Gasteiger partial charge on any atom is -0.382 e. The number of nitrogens with one attached hydrogen (secondary N) is 1. The van der Waals surface area contributed by atoms with Crippen molar-refractivity contribution < 1.29 is 14.2 Å². The molecule has 0 aromatic rings. The summed E-state index contributed by atoms with van der Waals surface area (Å²) in [4.78, 5) is 0. The van der Waals surface area contributed by atoms with Gasteiger partial charge in [-0.3, -0.25) is 0 Å².